The van der Waals surface area contributed by atoms with Gasteiger partial charge >= 0.3 is 0 Å². The molecule has 6 heteroatoms. The molecule has 1 fully saturated rings. The van der Waals surface area contributed by atoms with Crippen LogP contribution in [-0.4, -0.2) is 31.7 Å². The van der Waals surface area contributed by atoms with E-state index in [9.17, 15) is 13.2 Å². The highest BCUT2D eigenvalue weighted by Gasteiger charge is 2.32. The molecule has 1 saturated heterocycles. The lowest BCUT2D eigenvalue weighted by Crippen LogP contribution is -2.44. The van der Waals surface area contributed by atoms with E-state index in [2.05, 4.69) is 5.32 Å². The summed E-state index contributed by atoms with van der Waals surface area (Å²) in [5.41, 5.74) is 3.64. The van der Waals surface area contributed by atoms with E-state index < -0.39 is 10.0 Å². The molecular formula is C21H26N2O3S. The summed E-state index contributed by atoms with van der Waals surface area (Å²) < 4.78 is 27.2. The number of carbonyl (C=O) groups is 1. The Morgan fingerprint density at radius 3 is 2.52 bits per heavy atom. The predicted molar refractivity (Wildman–Crippen MR) is 108 cm³/mol. The highest BCUT2D eigenvalue weighted by atomic mass is 32.2. The molecule has 3 rings (SSSR count). The van der Waals surface area contributed by atoms with Gasteiger partial charge in [-0.2, -0.15) is 0 Å². The molecule has 1 amide bonds. The normalized spacial score (nSPS) is 18.2. The Morgan fingerprint density at radius 1 is 1.11 bits per heavy atom. The van der Waals surface area contributed by atoms with Crippen LogP contribution in [0, 0.1) is 19.8 Å². The van der Waals surface area contributed by atoms with Crippen molar-refractivity contribution < 1.29 is 13.2 Å². The molecule has 2 aromatic rings. The standard InChI is InChI=1S/C21H26N2O3S/c1-16-9-11-20(12-10-16)22-21(24)18-8-5-13-23(14-18)27(25,26)15-19-7-4-3-6-17(19)2/h3-4,6-7,9-12,18H,5,8,13-15H2,1-2H3,(H,22,24)/t18-/m0/s1. The molecular weight excluding hydrogens is 360 g/mol. The van der Waals surface area contributed by atoms with Crippen LogP contribution in [0.4, 0.5) is 5.69 Å². The molecule has 0 bridgehead atoms. The van der Waals surface area contributed by atoms with Crippen LogP contribution in [-0.2, 0) is 20.6 Å². The molecule has 2 aromatic carbocycles. The zero-order valence-corrected chi connectivity index (χ0v) is 16.6. The van der Waals surface area contributed by atoms with Crippen LogP contribution < -0.4 is 5.32 Å². The first-order valence-electron chi connectivity index (χ1n) is 9.25. The van der Waals surface area contributed by atoms with Gasteiger partial charge in [-0.15, -0.1) is 0 Å². The number of sulfonamides is 1. The highest BCUT2D eigenvalue weighted by molar-refractivity contribution is 7.88. The van der Waals surface area contributed by atoms with E-state index in [1.165, 1.54) is 4.31 Å². The van der Waals surface area contributed by atoms with Crippen molar-refractivity contribution in [2.75, 3.05) is 18.4 Å². The zero-order valence-electron chi connectivity index (χ0n) is 15.8. The Bertz CT molecular complexity index is 907. The van der Waals surface area contributed by atoms with Crippen LogP contribution >= 0.6 is 0 Å². The van der Waals surface area contributed by atoms with Crippen LogP contribution in [0.2, 0.25) is 0 Å². The molecule has 1 aliphatic heterocycles. The minimum Gasteiger partial charge on any atom is -0.326 e. The van der Waals surface area contributed by atoms with Crippen LogP contribution in [0.1, 0.15) is 29.5 Å². The molecule has 144 valence electrons. The van der Waals surface area contributed by atoms with Crippen LogP contribution in [0.5, 0.6) is 0 Å². The second kappa shape index (κ2) is 8.23. The minimum absolute atomic E-state index is 0.0219. The fourth-order valence-electron chi connectivity index (χ4n) is 3.35. The van der Waals surface area contributed by atoms with E-state index in [1.807, 2.05) is 62.4 Å². The third kappa shape index (κ3) is 4.96. The van der Waals surface area contributed by atoms with Crippen LogP contribution in [0.3, 0.4) is 0 Å². The maximum Gasteiger partial charge on any atom is 0.228 e. The number of rotatable bonds is 5. The highest BCUT2D eigenvalue weighted by Crippen LogP contribution is 2.23. The summed E-state index contributed by atoms with van der Waals surface area (Å²) in [7, 11) is -3.45. The quantitative estimate of drug-likeness (QED) is 0.855. The minimum atomic E-state index is -3.45. The summed E-state index contributed by atoms with van der Waals surface area (Å²) in [5, 5.41) is 2.91. The van der Waals surface area contributed by atoms with E-state index in [4.69, 9.17) is 0 Å². The molecule has 0 radical (unpaired) electrons. The summed E-state index contributed by atoms with van der Waals surface area (Å²) in [4.78, 5) is 12.6. The smallest absolute Gasteiger partial charge is 0.228 e. The topological polar surface area (TPSA) is 66.5 Å². The largest absolute Gasteiger partial charge is 0.326 e. The Balaban J connectivity index is 1.66. The van der Waals surface area contributed by atoms with Crippen molar-refractivity contribution in [2.24, 2.45) is 5.92 Å². The van der Waals surface area contributed by atoms with Crippen molar-refractivity contribution >= 4 is 21.6 Å². The summed E-state index contributed by atoms with van der Waals surface area (Å²) >= 11 is 0. The Hall–Kier alpha value is -2.18. The molecule has 5 nitrogen and oxygen atoms in total. The molecule has 1 N–H and O–H groups in total. The number of nitrogens with one attached hydrogen (secondary N) is 1. The molecule has 1 aliphatic rings. The fourth-order valence-corrected chi connectivity index (χ4v) is 5.06. The second-order valence-electron chi connectivity index (χ2n) is 7.24. The first-order valence-corrected chi connectivity index (χ1v) is 10.9. The fraction of sp³-hybridized carbons (Fsp3) is 0.381. The van der Waals surface area contributed by atoms with Gasteiger partial charge in [0.15, 0.2) is 0 Å². The van der Waals surface area contributed by atoms with Crippen molar-refractivity contribution in [3.63, 3.8) is 0 Å². The monoisotopic (exact) mass is 386 g/mol. The first-order chi connectivity index (χ1) is 12.8. The van der Waals surface area contributed by atoms with Gasteiger partial charge in [-0.3, -0.25) is 4.79 Å². The van der Waals surface area contributed by atoms with Gasteiger partial charge in [0.25, 0.3) is 0 Å². The molecule has 0 unspecified atom stereocenters. The number of aryl methyl sites for hydroxylation is 2. The van der Waals surface area contributed by atoms with Gasteiger partial charge in [0.1, 0.15) is 0 Å². The average molecular weight is 387 g/mol. The number of piperidine rings is 1. The predicted octanol–water partition coefficient (Wildman–Crippen LogP) is 3.48. The lowest BCUT2D eigenvalue weighted by atomic mass is 9.98. The number of nitrogens with zero attached hydrogens (tertiary/aromatic N) is 1. The number of anilines is 1. The second-order valence-corrected chi connectivity index (χ2v) is 9.20. The van der Waals surface area contributed by atoms with Gasteiger partial charge in [-0.25, -0.2) is 12.7 Å². The van der Waals surface area contributed by atoms with Crippen molar-refractivity contribution in [3.05, 3.63) is 65.2 Å². The summed E-state index contributed by atoms with van der Waals surface area (Å²) in [6.45, 7) is 4.62. The summed E-state index contributed by atoms with van der Waals surface area (Å²) in [6.07, 6.45) is 1.40. The van der Waals surface area contributed by atoms with Gasteiger partial charge in [0.2, 0.25) is 15.9 Å². The molecule has 0 aromatic heterocycles. The van der Waals surface area contributed by atoms with E-state index in [1.54, 1.807) is 0 Å². The molecule has 1 heterocycles. The van der Waals surface area contributed by atoms with Crippen molar-refractivity contribution in [1.82, 2.24) is 4.31 Å². The number of benzene rings is 2. The van der Waals surface area contributed by atoms with Crippen molar-refractivity contribution in [1.29, 1.82) is 0 Å². The summed E-state index contributed by atoms with van der Waals surface area (Å²) in [5.74, 6) is -0.465. The number of hydrogen-bond acceptors (Lipinski definition) is 3. The molecule has 0 saturated carbocycles. The van der Waals surface area contributed by atoms with E-state index in [-0.39, 0.29) is 24.1 Å². The van der Waals surface area contributed by atoms with E-state index >= 15 is 0 Å². The van der Waals surface area contributed by atoms with Gasteiger partial charge in [0, 0.05) is 18.8 Å². The van der Waals surface area contributed by atoms with Gasteiger partial charge in [0.05, 0.1) is 11.7 Å². The van der Waals surface area contributed by atoms with Gasteiger partial charge < -0.3 is 5.32 Å². The summed E-state index contributed by atoms with van der Waals surface area (Å²) in [6, 6.07) is 15.1. The third-order valence-electron chi connectivity index (χ3n) is 5.07. The first kappa shape index (κ1) is 19.6. The van der Waals surface area contributed by atoms with Gasteiger partial charge in [-0.05, 0) is 49.9 Å². The van der Waals surface area contributed by atoms with Crippen molar-refractivity contribution in [2.45, 2.75) is 32.4 Å². The maximum absolute atomic E-state index is 12.9. The number of amides is 1. The third-order valence-corrected chi connectivity index (χ3v) is 6.86. The zero-order chi connectivity index (χ0) is 19.4. The molecule has 0 spiro atoms. The Labute approximate surface area is 161 Å². The number of carbonyl (C=O) groups excluding carboxylic acids is 1. The van der Waals surface area contributed by atoms with Crippen LogP contribution in [0.15, 0.2) is 48.5 Å². The Kier molecular flexibility index (Phi) is 5.97. The van der Waals surface area contributed by atoms with E-state index in [0.717, 1.165) is 22.4 Å². The Morgan fingerprint density at radius 2 is 1.81 bits per heavy atom. The lowest BCUT2D eigenvalue weighted by Gasteiger charge is -2.31. The van der Waals surface area contributed by atoms with Crippen LogP contribution in [0.25, 0.3) is 0 Å². The molecule has 0 aliphatic carbocycles. The molecule has 1 atom stereocenters. The van der Waals surface area contributed by atoms with E-state index in [0.29, 0.717) is 19.4 Å². The number of hydrogen-bond donors (Lipinski definition) is 1. The molecule has 27 heavy (non-hydrogen) atoms. The van der Waals surface area contributed by atoms with Gasteiger partial charge in [-0.1, -0.05) is 42.0 Å². The SMILES string of the molecule is Cc1ccc(NC(=O)[C@H]2CCCN(S(=O)(=O)Cc3ccccc3C)C2)cc1. The lowest BCUT2D eigenvalue weighted by molar-refractivity contribution is -0.120. The van der Waals surface area contributed by atoms with Crippen molar-refractivity contribution in [3.8, 4) is 0 Å². The average Bonchev–Trinajstić information content (AvgIpc) is 2.65. The maximum atomic E-state index is 12.9.